The van der Waals surface area contributed by atoms with Gasteiger partial charge in [-0.3, -0.25) is 9.59 Å². The summed E-state index contributed by atoms with van der Waals surface area (Å²) in [6, 6.07) is 11.9. The second-order valence-electron chi connectivity index (χ2n) is 6.05. The van der Waals surface area contributed by atoms with Gasteiger partial charge in [0.05, 0.1) is 5.92 Å². The van der Waals surface area contributed by atoms with Crippen molar-refractivity contribution >= 4 is 29.0 Å². The van der Waals surface area contributed by atoms with Gasteiger partial charge < -0.3 is 10.4 Å². The number of benzene rings is 2. The second kappa shape index (κ2) is 6.04. The van der Waals surface area contributed by atoms with Gasteiger partial charge in [-0.15, -0.1) is 0 Å². The van der Waals surface area contributed by atoms with Crippen LogP contribution in [0, 0.1) is 5.92 Å². The van der Waals surface area contributed by atoms with Crippen molar-refractivity contribution in [2.45, 2.75) is 25.9 Å². The molecule has 2 atom stereocenters. The zero-order valence-corrected chi connectivity index (χ0v) is 14.2. The van der Waals surface area contributed by atoms with E-state index in [-0.39, 0.29) is 5.78 Å². The van der Waals surface area contributed by atoms with E-state index in [0.29, 0.717) is 21.8 Å². The maximum atomic E-state index is 12.8. The Kier molecular flexibility index (Phi) is 4.20. The number of nitrogens with one attached hydrogen (secondary N) is 1. The Morgan fingerprint density at radius 2 is 1.92 bits per heavy atom. The van der Waals surface area contributed by atoms with Gasteiger partial charge in [0.2, 0.25) is 0 Å². The number of aliphatic hydroxyl groups is 1. The lowest BCUT2D eigenvalue weighted by Gasteiger charge is -2.27. The van der Waals surface area contributed by atoms with Crippen LogP contribution in [0.2, 0.25) is 5.02 Å². The molecule has 0 bridgehead atoms. The van der Waals surface area contributed by atoms with Crippen LogP contribution in [0.25, 0.3) is 0 Å². The first-order valence-corrected chi connectivity index (χ1v) is 8.22. The first-order chi connectivity index (χ1) is 11.4. The molecule has 0 saturated heterocycles. The molecule has 124 valence electrons. The second-order valence-corrected chi connectivity index (χ2v) is 6.48. The first kappa shape index (κ1) is 16.7. The number of Topliss-reactive ketones (excluding diaryl/α,β-unsaturated/α-hetero) is 1. The summed E-state index contributed by atoms with van der Waals surface area (Å²) in [7, 11) is 0. The van der Waals surface area contributed by atoms with Gasteiger partial charge in [0.25, 0.3) is 5.91 Å². The summed E-state index contributed by atoms with van der Waals surface area (Å²) in [6.07, 6.45) is 0.775. The topological polar surface area (TPSA) is 66.4 Å². The van der Waals surface area contributed by atoms with E-state index in [2.05, 4.69) is 5.32 Å². The van der Waals surface area contributed by atoms with Crippen molar-refractivity contribution in [1.29, 1.82) is 0 Å². The molecular weight excluding hydrogens is 326 g/mol. The molecule has 0 aromatic heterocycles. The summed E-state index contributed by atoms with van der Waals surface area (Å²) < 4.78 is 0. The van der Waals surface area contributed by atoms with E-state index in [1.54, 1.807) is 43.3 Å². The molecule has 0 aliphatic carbocycles. The van der Waals surface area contributed by atoms with E-state index in [1.165, 1.54) is 0 Å². The van der Waals surface area contributed by atoms with Gasteiger partial charge in [-0.25, -0.2) is 0 Å². The SMILES string of the molecule is CCc1ccc2c(c1)C(O)(C(C)C(=O)c1ccc(Cl)cc1)C(=O)N2. The normalized spacial score (nSPS) is 20.4. The molecule has 4 nitrogen and oxygen atoms in total. The van der Waals surface area contributed by atoms with Crippen molar-refractivity contribution in [3.63, 3.8) is 0 Å². The number of ketones is 1. The number of fused-ring (bicyclic) bond motifs is 1. The Bertz CT molecular complexity index is 816. The van der Waals surface area contributed by atoms with E-state index in [9.17, 15) is 14.7 Å². The molecule has 2 aromatic rings. The van der Waals surface area contributed by atoms with Gasteiger partial charge in [0.15, 0.2) is 11.4 Å². The molecule has 0 radical (unpaired) electrons. The van der Waals surface area contributed by atoms with Crippen molar-refractivity contribution in [3.05, 3.63) is 64.2 Å². The lowest BCUT2D eigenvalue weighted by molar-refractivity contribution is -0.137. The number of hydrogen-bond donors (Lipinski definition) is 2. The maximum absolute atomic E-state index is 12.8. The van der Waals surface area contributed by atoms with Crippen LogP contribution in [-0.4, -0.2) is 16.8 Å². The fourth-order valence-corrected chi connectivity index (χ4v) is 3.19. The van der Waals surface area contributed by atoms with Crippen molar-refractivity contribution in [3.8, 4) is 0 Å². The van der Waals surface area contributed by atoms with Gasteiger partial charge in [0, 0.05) is 21.8 Å². The number of amides is 1. The predicted molar refractivity (Wildman–Crippen MR) is 93.3 cm³/mol. The molecule has 2 unspecified atom stereocenters. The van der Waals surface area contributed by atoms with Crippen molar-refractivity contribution in [2.75, 3.05) is 5.32 Å². The van der Waals surface area contributed by atoms with Crippen LogP contribution < -0.4 is 5.32 Å². The smallest absolute Gasteiger partial charge is 0.261 e. The number of anilines is 1. The summed E-state index contributed by atoms with van der Waals surface area (Å²) >= 11 is 5.85. The van der Waals surface area contributed by atoms with Crippen LogP contribution >= 0.6 is 11.6 Å². The summed E-state index contributed by atoms with van der Waals surface area (Å²) in [5, 5.41) is 14.3. The minimum Gasteiger partial charge on any atom is -0.375 e. The van der Waals surface area contributed by atoms with Crippen molar-refractivity contribution in [2.24, 2.45) is 5.92 Å². The van der Waals surface area contributed by atoms with E-state index in [1.807, 2.05) is 13.0 Å². The van der Waals surface area contributed by atoms with Gasteiger partial charge in [0.1, 0.15) is 0 Å². The molecule has 3 rings (SSSR count). The van der Waals surface area contributed by atoms with Gasteiger partial charge in [-0.2, -0.15) is 0 Å². The number of carbonyl (C=O) groups is 2. The van der Waals surface area contributed by atoms with Crippen molar-refractivity contribution in [1.82, 2.24) is 0 Å². The number of aryl methyl sites for hydroxylation is 1. The van der Waals surface area contributed by atoms with E-state index in [4.69, 9.17) is 11.6 Å². The highest BCUT2D eigenvalue weighted by atomic mass is 35.5. The Morgan fingerprint density at radius 3 is 2.54 bits per heavy atom. The molecule has 1 aliphatic rings. The average Bonchev–Trinajstić information content (AvgIpc) is 2.85. The predicted octanol–water partition coefficient (Wildman–Crippen LogP) is 3.56. The van der Waals surface area contributed by atoms with Crippen LogP contribution in [0.5, 0.6) is 0 Å². The monoisotopic (exact) mass is 343 g/mol. The highest BCUT2D eigenvalue weighted by Crippen LogP contribution is 2.42. The van der Waals surface area contributed by atoms with E-state index >= 15 is 0 Å². The third-order valence-corrected chi connectivity index (χ3v) is 4.90. The fraction of sp³-hybridized carbons (Fsp3) is 0.263. The molecule has 2 N–H and O–H groups in total. The minimum atomic E-state index is -1.88. The summed E-state index contributed by atoms with van der Waals surface area (Å²) in [5.41, 5.74) is 0.539. The molecule has 0 saturated carbocycles. The summed E-state index contributed by atoms with van der Waals surface area (Å²) in [6.45, 7) is 3.57. The molecular formula is C19H18ClNO3. The molecule has 0 fully saturated rings. The Hall–Kier alpha value is -2.17. The zero-order valence-electron chi connectivity index (χ0n) is 13.5. The Balaban J connectivity index is 2.03. The highest BCUT2D eigenvalue weighted by Gasteiger charge is 2.52. The zero-order chi connectivity index (χ0) is 17.5. The molecule has 2 aromatic carbocycles. The van der Waals surface area contributed by atoms with Crippen LogP contribution in [-0.2, 0) is 16.8 Å². The lowest BCUT2D eigenvalue weighted by Crippen LogP contribution is -2.44. The molecule has 1 heterocycles. The van der Waals surface area contributed by atoms with Gasteiger partial charge in [-0.1, -0.05) is 37.6 Å². The van der Waals surface area contributed by atoms with Crippen LogP contribution in [0.4, 0.5) is 5.69 Å². The highest BCUT2D eigenvalue weighted by molar-refractivity contribution is 6.30. The average molecular weight is 344 g/mol. The van der Waals surface area contributed by atoms with Crippen LogP contribution in [0.1, 0.15) is 35.3 Å². The van der Waals surface area contributed by atoms with Crippen LogP contribution in [0.15, 0.2) is 42.5 Å². The third-order valence-electron chi connectivity index (χ3n) is 4.65. The molecule has 1 amide bonds. The quantitative estimate of drug-likeness (QED) is 0.834. The molecule has 0 spiro atoms. The fourth-order valence-electron chi connectivity index (χ4n) is 3.06. The molecule has 5 heteroatoms. The minimum absolute atomic E-state index is 0.306. The summed E-state index contributed by atoms with van der Waals surface area (Å²) in [5.74, 6) is -1.80. The van der Waals surface area contributed by atoms with Gasteiger partial charge in [-0.05, 0) is 42.3 Å². The number of rotatable bonds is 4. The first-order valence-electron chi connectivity index (χ1n) is 7.85. The number of carbonyl (C=O) groups excluding carboxylic acids is 2. The van der Waals surface area contributed by atoms with Crippen LogP contribution in [0.3, 0.4) is 0 Å². The maximum Gasteiger partial charge on any atom is 0.261 e. The van der Waals surface area contributed by atoms with Gasteiger partial charge >= 0.3 is 0 Å². The van der Waals surface area contributed by atoms with Crippen molar-refractivity contribution < 1.29 is 14.7 Å². The third kappa shape index (κ3) is 2.52. The standard InChI is InChI=1S/C19H18ClNO3/c1-3-12-4-9-16-15(10-12)19(24,18(23)21-16)11(2)17(22)13-5-7-14(20)8-6-13/h4-11,24H,3H2,1-2H3,(H,21,23). The number of hydrogen-bond acceptors (Lipinski definition) is 3. The molecule has 24 heavy (non-hydrogen) atoms. The van der Waals surface area contributed by atoms with E-state index in [0.717, 1.165) is 12.0 Å². The summed E-state index contributed by atoms with van der Waals surface area (Å²) in [4.78, 5) is 25.2. The Morgan fingerprint density at radius 1 is 1.25 bits per heavy atom. The lowest BCUT2D eigenvalue weighted by atomic mass is 9.78. The number of halogens is 1. The Labute approximate surface area is 145 Å². The van der Waals surface area contributed by atoms with E-state index < -0.39 is 17.4 Å². The molecule has 1 aliphatic heterocycles. The largest absolute Gasteiger partial charge is 0.375 e.